The second-order valence-corrected chi connectivity index (χ2v) is 7.13. The Hall–Kier alpha value is -1.56. The van der Waals surface area contributed by atoms with Gasteiger partial charge in [-0.3, -0.25) is 4.79 Å². The molecule has 1 aliphatic rings. The van der Waals surface area contributed by atoms with Gasteiger partial charge in [0, 0.05) is 13.1 Å². The number of para-hydroxylation sites is 1. The maximum absolute atomic E-state index is 12.5. The van der Waals surface area contributed by atoms with E-state index in [1.165, 1.54) is 4.90 Å². The molecule has 110 valence electrons. The number of amides is 1. The summed E-state index contributed by atoms with van der Waals surface area (Å²) in [5.74, 6) is 0.540. The normalized spacial score (nSPS) is 20.6. The Balaban J connectivity index is 2.19. The molecule has 1 aliphatic heterocycles. The number of ether oxygens (including phenoxy) is 1. The molecule has 6 heteroatoms. The maximum atomic E-state index is 12.5. The molecule has 2 rings (SSSR count). The summed E-state index contributed by atoms with van der Waals surface area (Å²) in [6.45, 7) is 2.33. The number of carbonyl (C=O) groups is 1. The third-order valence-electron chi connectivity index (χ3n) is 3.49. The quantitative estimate of drug-likeness (QED) is 0.841. The largest absolute Gasteiger partial charge is 0.493 e. The second kappa shape index (κ2) is 5.83. The molecule has 5 nitrogen and oxygen atoms in total. The molecule has 0 spiro atoms. The van der Waals surface area contributed by atoms with Crippen LogP contribution in [0.1, 0.15) is 23.7 Å². The van der Waals surface area contributed by atoms with Gasteiger partial charge in [0.25, 0.3) is 5.91 Å². The number of hydrogen-bond donors (Lipinski definition) is 0. The highest BCUT2D eigenvalue weighted by atomic mass is 32.2. The summed E-state index contributed by atoms with van der Waals surface area (Å²) in [7, 11) is -1.35. The van der Waals surface area contributed by atoms with Crippen molar-refractivity contribution >= 4 is 15.7 Å². The minimum Gasteiger partial charge on any atom is -0.493 e. The van der Waals surface area contributed by atoms with Crippen LogP contribution in [0.4, 0.5) is 0 Å². The van der Waals surface area contributed by atoms with Crippen LogP contribution in [-0.4, -0.2) is 50.4 Å². The lowest BCUT2D eigenvalue weighted by molar-refractivity contribution is 0.0743. The van der Waals surface area contributed by atoms with Crippen LogP contribution in [0.2, 0.25) is 0 Å². The van der Waals surface area contributed by atoms with Crippen molar-refractivity contribution in [2.24, 2.45) is 0 Å². The van der Waals surface area contributed by atoms with Gasteiger partial charge < -0.3 is 9.64 Å². The monoisotopic (exact) mass is 297 g/mol. The number of carbonyl (C=O) groups excluding carboxylic acids is 1. The van der Waals surface area contributed by atoms with E-state index in [-0.39, 0.29) is 23.5 Å². The van der Waals surface area contributed by atoms with Crippen LogP contribution in [0.25, 0.3) is 0 Å². The smallest absolute Gasteiger partial charge is 0.257 e. The van der Waals surface area contributed by atoms with Gasteiger partial charge in [-0.15, -0.1) is 0 Å². The lowest BCUT2D eigenvalue weighted by Crippen LogP contribution is -2.38. The molecule has 0 saturated carbocycles. The van der Waals surface area contributed by atoms with Crippen LogP contribution in [0, 0.1) is 0 Å². The predicted molar refractivity (Wildman–Crippen MR) is 76.8 cm³/mol. The van der Waals surface area contributed by atoms with Crippen molar-refractivity contribution < 1.29 is 17.9 Å². The van der Waals surface area contributed by atoms with Gasteiger partial charge in [0.1, 0.15) is 5.75 Å². The first-order chi connectivity index (χ1) is 9.44. The van der Waals surface area contributed by atoms with Gasteiger partial charge >= 0.3 is 0 Å². The van der Waals surface area contributed by atoms with Crippen LogP contribution >= 0.6 is 0 Å². The van der Waals surface area contributed by atoms with Gasteiger partial charge in [-0.25, -0.2) is 8.42 Å². The number of rotatable bonds is 4. The lowest BCUT2D eigenvalue weighted by Gasteiger charge is -2.24. The molecule has 1 aromatic carbocycles. The fraction of sp³-hybridized carbons (Fsp3) is 0.500. The summed E-state index contributed by atoms with van der Waals surface area (Å²) in [6.07, 6.45) is 0.501. The highest BCUT2D eigenvalue weighted by molar-refractivity contribution is 7.91. The SMILES string of the molecule is CCOc1ccccc1C(=O)N(C)[C@H]1CCS(=O)(=O)C1. The first kappa shape index (κ1) is 14.8. The van der Waals surface area contributed by atoms with Crippen molar-refractivity contribution in [2.45, 2.75) is 19.4 Å². The Kier molecular flexibility index (Phi) is 4.32. The van der Waals surface area contributed by atoms with E-state index in [9.17, 15) is 13.2 Å². The van der Waals surface area contributed by atoms with Gasteiger partial charge in [0.15, 0.2) is 9.84 Å². The van der Waals surface area contributed by atoms with Crippen molar-refractivity contribution in [1.82, 2.24) is 4.90 Å². The van der Waals surface area contributed by atoms with E-state index in [1.54, 1.807) is 25.2 Å². The zero-order chi connectivity index (χ0) is 14.8. The summed E-state index contributed by atoms with van der Waals surface area (Å²) in [6, 6.07) is 6.78. The first-order valence-corrected chi connectivity index (χ1v) is 8.46. The number of hydrogen-bond acceptors (Lipinski definition) is 4. The summed E-state index contributed by atoms with van der Waals surface area (Å²) >= 11 is 0. The highest BCUT2D eigenvalue weighted by Gasteiger charge is 2.33. The molecule has 1 aromatic rings. The standard InChI is InChI=1S/C14H19NO4S/c1-3-19-13-7-5-4-6-12(13)14(16)15(2)11-8-9-20(17,18)10-11/h4-7,11H,3,8-10H2,1-2H3/t11-/m0/s1. The molecule has 0 N–H and O–H groups in total. The van der Waals surface area contributed by atoms with E-state index < -0.39 is 9.84 Å². The van der Waals surface area contributed by atoms with Crippen LogP contribution in [0.5, 0.6) is 5.75 Å². The molecular formula is C14H19NO4S. The van der Waals surface area contributed by atoms with E-state index in [2.05, 4.69) is 0 Å². The fourth-order valence-electron chi connectivity index (χ4n) is 2.36. The molecule has 1 saturated heterocycles. The van der Waals surface area contributed by atoms with Gasteiger partial charge in [-0.05, 0) is 25.5 Å². The zero-order valence-corrected chi connectivity index (χ0v) is 12.5. The van der Waals surface area contributed by atoms with E-state index in [0.29, 0.717) is 24.3 Å². The lowest BCUT2D eigenvalue weighted by atomic mass is 10.1. The van der Waals surface area contributed by atoms with Crippen LogP contribution in [-0.2, 0) is 9.84 Å². The minimum atomic E-state index is -3.00. The van der Waals surface area contributed by atoms with Crippen LogP contribution in [0.15, 0.2) is 24.3 Å². The Morgan fingerprint density at radius 1 is 1.40 bits per heavy atom. The molecule has 0 unspecified atom stereocenters. The summed E-state index contributed by atoms with van der Waals surface area (Å²) < 4.78 is 28.5. The Labute approximate surface area is 119 Å². The van der Waals surface area contributed by atoms with Crippen molar-refractivity contribution in [3.63, 3.8) is 0 Å². The fourth-order valence-corrected chi connectivity index (χ4v) is 4.14. The molecule has 1 heterocycles. The zero-order valence-electron chi connectivity index (χ0n) is 11.7. The van der Waals surface area contributed by atoms with Crippen molar-refractivity contribution in [2.75, 3.05) is 25.2 Å². The maximum Gasteiger partial charge on any atom is 0.257 e. The van der Waals surface area contributed by atoms with Crippen molar-refractivity contribution in [1.29, 1.82) is 0 Å². The molecule has 0 radical (unpaired) electrons. The number of sulfone groups is 1. The van der Waals surface area contributed by atoms with E-state index in [1.807, 2.05) is 13.0 Å². The summed E-state index contributed by atoms with van der Waals surface area (Å²) in [5, 5.41) is 0. The molecule has 20 heavy (non-hydrogen) atoms. The van der Waals surface area contributed by atoms with Crippen LogP contribution < -0.4 is 4.74 Å². The van der Waals surface area contributed by atoms with Crippen LogP contribution in [0.3, 0.4) is 0 Å². The Bertz CT molecular complexity index is 597. The Morgan fingerprint density at radius 2 is 2.10 bits per heavy atom. The van der Waals surface area contributed by atoms with Gasteiger partial charge in [0.2, 0.25) is 0 Å². The third kappa shape index (κ3) is 3.12. The average Bonchev–Trinajstić information content (AvgIpc) is 2.78. The molecule has 1 amide bonds. The summed E-state index contributed by atoms with van der Waals surface area (Å²) in [5.41, 5.74) is 0.473. The van der Waals surface area contributed by atoms with E-state index in [0.717, 1.165) is 0 Å². The van der Waals surface area contributed by atoms with E-state index >= 15 is 0 Å². The van der Waals surface area contributed by atoms with Gasteiger partial charge in [0.05, 0.1) is 23.7 Å². The highest BCUT2D eigenvalue weighted by Crippen LogP contribution is 2.23. The van der Waals surface area contributed by atoms with Crippen molar-refractivity contribution in [3.05, 3.63) is 29.8 Å². The van der Waals surface area contributed by atoms with E-state index in [4.69, 9.17) is 4.74 Å². The van der Waals surface area contributed by atoms with Crippen molar-refractivity contribution in [3.8, 4) is 5.75 Å². The molecule has 0 aromatic heterocycles. The molecule has 1 fully saturated rings. The van der Waals surface area contributed by atoms with Gasteiger partial charge in [-0.1, -0.05) is 12.1 Å². The molecule has 0 bridgehead atoms. The average molecular weight is 297 g/mol. The third-order valence-corrected chi connectivity index (χ3v) is 5.24. The minimum absolute atomic E-state index is 0.0477. The molecule has 1 atom stereocenters. The number of benzene rings is 1. The predicted octanol–water partition coefficient (Wildman–Crippen LogP) is 1.34. The topological polar surface area (TPSA) is 63.7 Å². The Morgan fingerprint density at radius 3 is 2.70 bits per heavy atom. The van der Waals surface area contributed by atoms with Gasteiger partial charge in [-0.2, -0.15) is 0 Å². The first-order valence-electron chi connectivity index (χ1n) is 6.64. The summed E-state index contributed by atoms with van der Waals surface area (Å²) in [4.78, 5) is 14.0. The molecule has 0 aliphatic carbocycles. The number of nitrogens with zero attached hydrogens (tertiary/aromatic N) is 1. The second-order valence-electron chi connectivity index (χ2n) is 4.90. The molecular weight excluding hydrogens is 278 g/mol.